The molecule has 0 heterocycles. The Kier molecular flexibility index (Phi) is 4.55. The molecule has 0 aliphatic carbocycles. The molecule has 0 unspecified atom stereocenters. The second-order valence-electron chi connectivity index (χ2n) is 2.79. The molecule has 0 saturated heterocycles. The monoisotopic (exact) mass is 252 g/mol. The van der Waals surface area contributed by atoms with Crippen molar-refractivity contribution in [2.45, 2.75) is 5.79 Å². The first-order chi connectivity index (χ1) is 7.62. The van der Waals surface area contributed by atoms with E-state index in [1.165, 1.54) is 0 Å². The lowest BCUT2D eigenvalue weighted by atomic mass is 10.1. The first kappa shape index (κ1) is 14.8. The van der Waals surface area contributed by atoms with Crippen LogP contribution in [-0.2, 0) is 23.9 Å². The molecule has 0 fully saturated rings. The molecule has 10 nitrogen and oxygen atoms in total. The number of aliphatic carboxylic acids is 4. The molecule has 0 aromatic carbocycles. The van der Waals surface area contributed by atoms with Crippen molar-refractivity contribution in [3.63, 3.8) is 0 Å². The zero-order valence-electron chi connectivity index (χ0n) is 8.06. The Hall–Kier alpha value is -2.20. The maximum Gasteiger partial charge on any atom is 0.376 e. The molecular weight excluding hydrogens is 244 g/mol. The van der Waals surface area contributed by atoms with E-state index in [9.17, 15) is 19.2 Å². The van der Waals surface area contributed by atoms with E-state index < -0.39 is 42.2 Å². The van der Waals surface area contributed by atoms with E-state index in [-0.39, 0.29) is 0 Å². The molecule has 0 atom stereocenters. The Labute approximate surface area is 92.7 Å². The van der Waals surface area contributed by atoms with Gasteiger partial charge in [0.05, 0.1) is 6.61 Å². The van der Waals surface area contributed by atoms with Crippen LogP contribution in [0.25, 0.3) is 0 Å². The summed E-state index contributed by atoms with van der Waals surface area (Å²) in [7, 11) is 0. The van der Waals surface area contributed by atoms with E-state index in [1.807, 2.05) is 0 Å². The Morgan fingerprint density at radius 1 is 0.941 bits per heavy atom. The largest absolute Gasteiger partial charge is 0.481 e. The van der Waals surface area contributed by atoms with E-state index in [2.05, 4.69) is 4.74 Å². The Morgan fingerprint density at radius 3 is 1.53 bits per heavy atom. The Morgan fingerprint density at radius 2 is 1.29 bits per heavy atom. The number of rotatable bonds is 7. The van der Waals surface area contributed by atoms with Crippen molar-refractivity contribution >= 4 is 23.9 Å². The quantitative estimate of drug-likeness (QED) is 0.243. The van der Waals surface area contributed by atoms with Gasteiger partial charge in [-0.15, -0.1) is 0 Å². The molecule has 5 N–H and O–H groups in total. The standard InChI is InChI=1S/C7H8O10/c8-3(9)2(4(10)11)1-17-7(16,5(12)13)6(14)15/h2,16H,1H2,(H,8,9)(H,10,11)(H,12,13)(H,14,15). The minimum atomic E-state index is -3.69. The first-order valence-corrected chi connectivity index (χ1v) is 3.91. The molecule has 0 radical (unpaired) electrons. The second-order valence-corrected chi connectivity index (χ2v) is 2.79. The Bertz CT molecular complexity index is 330. The molecule has 17 heavy (non-hydrogen) atoms. The van der Waals surface area contributed by atoms with E-state index >= 15 is 0 Å². The summed E-state index contributed by atoms with van der Waals surface area (Å²) >= 11 is 0. The zero-order chi connectivity index (χ0) is 13.8. The molecule has 0 aliphatic heterocycles. The minimum absolute atomic E-state index is 1.32. The molecule has 0 spiro atoms. The van der Waals surface area contributed by atoms with Crippen molar-refractivity contribution in [2.24, 2.45) is 5.92 Å². The molecule has 0 aliphatic rings. The number of ether oxygens (including phenoxy) is 1. The highest BCUT2D eigenvalue weighted by Crippen LogP contribution is 2.11. The lowest BCUT2D eigenvalue weighted by molar-refractivity contribution is -0.235. The minimum Gasteiger partial charge on any atom is -0.481 e. The summed E-state index contributed by atoms with van der Waals surface area (Å²) in [6.07, 6.45) is 0. The summed E-state index contributed by atoms with van der Waals surface area (Å²) in [6.45, 7) is -1.32. The smallest absolute Gasteiger partial charge is 0.376 e. The highest BCUT2D eigenvalue weighted by molar-refractivity contribution is 5.99. The third-order valence-electron chi connectivity index (χ3n) is 1.63. The van der Waals surface area contributed by atoms with Gasteiger partial charge in [0.2, 0.25) is 0 Å². The average molecular weight is 252 g/mol. The van der Waals surface area contributed by atoms with Gasteiger partial charge in [0.25, 0.3) is 0 Å². The molecule has 0 rings (SSSR count). The molecule has 0 amide bonds. The van der Waals surface area contributed by atoms with Gasteiger partial charge < -0.3 is 30.3 Å². The van der Waals surface area contributed by atoms with Crippen LogP contribution in [0.5, 0.6) is 0 Å². The van der Waals surface area contributed by atoms with Crippen LogP contribution < -0.4 is 0 Å². The summed E-state index contributed by atoms with van der Waals surface area (Å²) in [6, 6.07) is 0. The van der Waals surface area contributed by atoms with Crippen LogP contribution in [-0.4, -0.2) is 61.8 Å². The molecule has 0 aromatic rings. The molecule has 0 saturated carbocycles. The molecule has 96 valence electrons. The van der Waals surface area contributed by atoms with Crippen molar-refractivity contribution in [3.8, 4) is 0 Å². The topological polar surface area (TPSA) is 179 Å². The van der Waals surface area contributed by atoms with Gasteiger partial charge in [-0.2, -0.15) is 0 Å². The number of carboxylic acids is 4. The van der Waals surface area contributed by atoms with E-state index in [0.717, 1.165) is 0 Å². The summed E-state index contributed by atoms with van der Waals surface area (Å²) in [5, 5.41) is 42.4. The van der Waals surface area contributed by atoms with Gasteiger partial charge in [0, 0.05) is 0 Å². The van der Waals surface area contributed by atoms with Crippen LogP contribution in [0.1, 0.15) is 0 Å². The predicted molar refractivity (Wildman–Crippen MR) is 44.9 cm³/mol. The van der Waals surface area contributed by atoms with Crippen LogP contribution in [0.2, 0.25) is 0 Å². The fourth-order valence-corrected chi connectivity index (χ4v) is 0.667. The van der Waals surface area contributed by atoms with Crippen LogP contribution in [0, 0.1) is 5.92 Å². The average Bonchev–Trinajstić information content (AvgIpc) is 2.15. The summed E-state index contributed by atoms with van der Waals surface area (Å²) in [4.78, 5) is 41.4. The number of hydrogen-bond donors (Lipinski definition) is 5. The fourth-order valence-electron chi connectivity index (χ4n) is 0.667. The van der Waals surface area contributed by atoms with Gasteiger partial charge in [-0.25, -0.2) is 9.59 Å². The zero-order valence-corrected chi connectivity index (χ0v) is 8.06. The lowest BCUT2D eigenvalue weighted by Crippen LogP contribution is -2.50. The van der Waals surface area contributed by atoms with Gasteiger partial charge in [0.1, 0.15) is 0 Å². The number of hydrogen-bond acceptors (Lipinski definition) is 6. The first-order valence-electron chi connectivity index (χ1n) is 3.91. The van der Waals surface area contributed by atoms with Gasteiger partial charge in [-0.3, -0.25) is 9.59 Å². The third kappa shape index (κ3) is 3.39. The van der Waals surface area contributed by atoms with Crippen molar-refractivity contribution in [1.82, 2.24) is 0 Å². The molecule has 10 heteroatoms. The van der Waals surface area contributed by atoms with Gasteiger partial charge in [-0.05, 0) is 0 Å². The van der Waals surface area contributed by atoms with Crippen molar-refractivity contribution in [3.05, 3.63) is 0 Å². The SMILES string of the molecule is O=C(O)C(COC(O)(C(=O)O)C(=O)O)C(=O)O. The van der Waals surface area contributed by atoms with Crippen molar-refractivity contribution in [2.75, 3.05) is 6.61 Å². The lowest BCUT2D eigenvalue weighted by Gasteiger charge is -2.19. The van der Waals surface area contributed by atoms with E-state index in [1.54, 1.807) is 0 Å². The van der Waals surface area contributed by atoms with Gasteiger partial charge in [-0.1, -0.05) is 0 Å². The fraction of sp³-hybridized carbons (Fsp3) is 0.429. The number of carboxylic acid groups (broad SMARTS) is 4. The Balaban J connectivity index is 4.83. The van der Waals surface area contributed by atoms with E-state index in [4.69, 9.17) is 25.5 Å². The molecule has 0 bridgehead atoms. The maximum absolute atomic E-state index is 10.4. The van der Waals surface area contributed by atoms with Crippen LogP contribution in [0.3, 0.4) is 0 Å². The van der Waals surface area contributed by atoms with Crippen LogP contribution in [0.4, 0.5) is 0 Å². The highest BCUT2D eigenvalue weighted by atomic mass is 16.7. The van der Waals surface area contributed by atoms with Gasteiger partial charge >= 0.3 is 29.7 Å². The van der Waals surface area contributed by atoms with Crippen molar-refractivity contribution in [1.29, 1.82) is 0 Å². The predicted octanol–water partition coefficient (Wildman–Crippen LogP) is -2.35. The normalized spacial score (nSPS) is 11.2. The van der Waals surface area contributed by atoms with Crippen LogP contribution in [0.15, 0.2) is 0 Å². The second kappa shape index (κ2) is 5.23. The van der Waals surface area contributed by atoms with Gasteiger partial charge in [0.15, 0.2) is 5.92 Å². The molecule has 0 aromatic heterocycles. The number of aliphatic hydroxyl groups is 1. The number of carbonyl (C=O) groups is 4. The highest BCUT2D eigenvalue weighted by Gasteiger charge is 2.48. The summed E-state index contributed by atoms with van der Waals surface area (Å²) < 4.78 is 3.93. The summed E-state index contributed by atoms with van der Waals surface area (Å²) in [5.41, 5.74) is 0. The summed E-state index contributed by atoms with van der Waals surface area (Å²) in [5.74, 6) is -14.2. The molecular formula is C7H8O10. The van der Waals surface area contributed by atoms with E-state index in [0.29, 0.717) is 0 Å². The maximum atomic E-state index is 10.4. The van der Waals surface area contributed by atoms with Crippen LogP contribution >= 0.6 is 0 Å². The van der Waals surface area contributed by atoms with Crippen molar-refractivity contribution < 1.29 is 49.4 Å². The third-order valence-corrected chi connectivity index (χ3v) is 1.63.